The van der Waals surface area contributed by atoms with Gasteiger partial charge in [-0.2, -0.15) is 5.11 Å². The number of amidine groups is 1. The van der Waals surface area contributed by atoms with Crippen LogP contribution in [0.3, 0.4) is 0 Å². The maximum Gasteiger partial charge on any atom is 0.326 e. The summed E-state index contributed by atoms with van der Waals surface area (Å²) in [5.41, 5.74) is 5.09. The van der Waals surface area contributed by atoms with E-state index < -0.39 is 12.0 Å². The van der Waals surface area contributed by atoms with Gasteiger partial charge in [0.1, 0.15) is 6.04 Å². The van der Waals surface area contributed by atoms with Crippen molar-refractivity contribution in [2.75, 3.05) is 24.7 Å². The molecule has 1 N–H and O–H groups in total. The van der Waals surface area contributed by atoms with Crippen LogP contribution >= 0.6 is 0 Å². The molecule has 8 nitrogen and oxygen atoms in total. The first-order chi connectivity index (χ1) is 18.8. The van der Waals surface area contributed by atoms with Gasteiger partial charge < -0.3 is 14.9 Å². The summed E-state index contributed by atoms with van der Waals surface area (Å²) in [6.45, 7) is 10.7. The number of aliphatic carboxylic acids is 1. The molecule has 1 fully saturated rings. The first kappa shape index (κ1) is 28.5. The van der Waals surface area contributed by atoms with E-state index in [0.717, 1.165) is 54.1 Å². The number of hydrogen-bond donors (Lipinski definition) is 1. The standard InChI is InChI=1S/C31H41N5O3/c1-5-6-7-28(37)36(29(21(2)3)31(38)39)19-23-8-10-24(11-9-23)27-18-25(35-16-14-22(4)15-17-35)12-13-26(27)30-32-20-33-34-30/h8-13,18,21-22,29H,5-7,14-17,19-20H2,1-4H3,(H,38,39)/t29-/m0/s1. The van der Waals surface area contributed by atoms with E-state index in [1.807, 2.05) is 45.0 Å². The van der Waals surface area contributed by atoms with E-state index in [-0.39, 0.29) is 18.4 Å². The monoisotopic (exact) mass is 531 g/mol. The average Bonchev–Trinajstić information content (AvgIpc) is 3.46. The molecule has 2 aromatic rings. The Labute approximate surface area is 231 Å². The third-order valence-electron chi connectivity index (χ3n) is 7.74. The maximum absolute atomic E-state index is 13.1. The van der Waals surface area contributed by atoms with Gasteiger partial charge in [-0.3, -0.25) is 4.79 Å². The number of carbonyl (C=O) groups is 2. The number of carboxylic acid groups (broad SMARTS) is 1. The zero-order valence-corrected chi connectivity index (χ0v) is 23.6. The number of piperidine rings is 1. The molecule has 2 heterocycles. The van der Waals surface area contributed by atoms with Crippen molar-refractivity contribution in [1.29, 1.82) is 0 Å². The van der Waals surface area contributed by atoms with E-state index in [1.165, 1.54) is 23.4 Å². The van der Waals surface area contributed by atoms with Crippen molar-refractivity contribution in [3.05, 3.63) is 53.6 Å². The van der Waals surface area contributed by atoms with E-state index in [9.17, 15) is 14.7 Å². The summed E-state index contributed by atoms with van der Waals surface area (Å²) in [4.78, 5) is 33.6. The largest absolute Gasteiger partial charge is 0.480 e. The van der Waals surface area contributed by atoms with Gasteiger partial charge in [0.25, 0.3) is 0 Å². The van der Waals surface area contributed by atoms with Gasteiger partial charge >= 0.3 is 5.97 Å². The molecule has 0 aromatic heterocycles. The summed E-state index contributed by atoms with van der Waals surface area (Å²) >= 11 is 0. The van der Waals surface area contributed by atoms with Gasteiger partial charge in [-0.1, -0.05) is 58.4 Å². The molecule has 0 bridgehead atoms. The SMILES string of the molecule is CCCCC(=O)N(Cc1ccc(-c2cc(N3CCC(C)CC3)ccc2C2=NCN=N2)cc1)[C@H](C(=O)O)C(C)C. The number of azo groups is 1. The van der Waals surface area contributed by atoms with Crippen LogP contribution in [0.25, 0.3) is 11.1 Å². The van der Waals surface area contributed by atoms with Crippen LogP contribution in [0.15, 0.2) is 57.7 Å². The molecule has 0 unspecified atom stereocenters. The molecular weight excluding hydrogens is 490 g/mol. The summed E-state index contributed by atoms with van der Waals surface area (Å²) in [5.74, 6) is 0.119. The lowest BCUT2D eigenvalue weighted by Gasteiger charge is -2.32. The lowest BCUT2D eigenvalue weighted by Crippen LogP contribution is -2.47. The fraction of sp³-hybridized carbons (Fsp3) is 0.516. The van der Waals surface area contributed by atoms with Crippen LogP contribution in [0.1, 0.15) is 70.9 Å². The molecular formula is C31H41N5O3. The zero-order chi connectivity index (χ0) is 27.9. The number of benzene rings is 2. The zero-order valence-electron chi connectivity index (χ0n) is 23.6. The minimum Gasteiger partial charge on any atom is -0.480 e. The molecule has 1 amide bonds. The van der Waals surface area contributed by atoms with Crippen molar-refractivity contribution < 1.29 is 14.7 Å². The normalized spacial score (nSPS) is 16.4. The number of carboxylic acids is 1. The Morgan fingerprint density at radius 1 is 1.08 bits per heavy atom. The van der Waals surface area contributed by atoms with Crippen molar-refractivity contribution in [2.24, 2.45) is 27.1 Å². The Morgan fingerprint density at radius 3 is 2.38 bits per heavy atom. The predicted octanol–water partition coefficient (Wildman–Crippen LogP) is 6.39. The molecule has 2 aliphatic rings. The first-order valence-electron chi connectivity index (χ1n) is 14.2. The Kier molecular flexibility index (Phi) is 9.49. The lowest BCUT2D eigenvalue weighted by molar-refractivity contribution is -0.153. The maximum atomic E-state index is 13.1. The predicted molar refractivity (Wildman–Crippen MR) is 155 cm³/mol. The molecule has 1 saturated heterocycles. The number of hydrogen-bond acceptors (Lipinski definition) is 6. The van der Waals surface area contributed by atoms with E-state index in [2.05, 4.69) is 45.2 Å². The molecule has 2 aliphatic heterocycles. The van der Waals surface area contributed by atoms with Gasteiger partial charge in [0.2, 0.25) is 5.91 Å². The molecule has 1 atom stereocenters. The third-order valence-corrected chi connectivity index (χ3v) is 7.74. The first-order valence-corrected chi connectivity index (χ1v) is 14.2. The Hall–Kier alpha value is -3.55. The molecule has 0 saturated carbocycles. The number of unbranched alkanes of at least 4 members (excludes halogenated alkanes) is 1. The second-order valence-electron chi connectivity index (χ2n) is 11.1. The summed E-state index contributed by atoms with van der Waals surface area (Å²) in [7, 11) is 0. The van der Waals surface area contributed by atoms with Crippen LogP contribution in [0, 0.1) is 11.8 Å². The third kappa shape index (κ3) is 6.91. The van der Waals surface area contributed by atoms with Gasteiger partial charge in [0.15, 0.2) is 12.5 Å². The highest BCUT2D eigenvalue weighted by molar-refractivity contribution is 6.05. The topological polar surface area (TPSA) is 97.9 Å². The van der Waals surface area contributed by atoms with Crippen LogP contribution in [-0.4, -0.2) is 53.5 Å². The number of anilines is 1. The minimum atomic E-state index is -0.966. The van der Waals surface area contributed by atoms with Gasteiger partial charge in [0, 0.05) is 37.3 Å². The average molecular weight is 532 g/mol. The highest BCUT2D eigenvalue weighted by Gasteiger charge is 2.32. The molecule has 208 valence electrons. The molecule has 8 heteroatoms. The number of carbonyl (C=O) groups excluding carboxylic acids is 1. The van der Waals surface area contributed by atoms with Crippen LogP contribution in [-0.2, 0) is 16.1 Å². The van der Waals surface area contributed by atoms with E-state index in [0.29, 0.717) is 18.9 Å². The number of aliphatic imine (C=N–C) groups is 1. The highest BCUT2D eigenvalue weighted by Crippen LogP contribution is 2.32. The number of rotatable bonds is 11. The van der Waals surface area contributed by atoms with Crippen molar-refractivity contribution in [1.82, 2.24) is 4.90 Å². The quantitative estimate of drug-likeness (QED) is 0.363. The van der Waals surface area contributed by atoms with Crippen molar-refractivity contribution in [3.63, 3.8) is 0 Å². The smallest absolute Gasteiger partial charge is 0.326 e. The fourth-order valence-corrected chi connectivity index (χ4v) is 5.38. The molecule has 0 radical (unpaired) electrons. The Morgan fingerprint density at radius 2 is 1.79 bits per heavy atom. The number of amides is 1. The summed E-state index contributed by atoms with van der Waals surface area (Å²) in [6.07, 6.45) is 4.36. The van der Waals surface area contributed by atoms with Crippen LogP contribution in [0.5, 0.6) is 0 Å². The molecule has 0 spiro atoms. The Bertz CT molecular complexity index is 1210. The molecule has 4 rings (SSSR count). The van der Waals surface area contributed by atoms with E-state index >= 15 is 0 Å². The molecule has 39 heavy (non-hydrogen) atoms. The van der Waals surface area contributed by atoms with Crippen molar-refractivity contribution in [2.45, 2.75) is 72.4 Å². The Balaban J connectivity index is 1.63. The van der Waals surface area contributed by atoms with Gasteiger partial charge in [-0.25, -0.2) is 9.79 Å². The van der Waals surface area contributed by atoms with E-state index in [1.54, 1.807) is 0 Å². The van der Waals surface area contributed by atoms with Gasteiger partial charge in [-0.15, -0.1) is 5.11 Å². The minimum absolute atomic E-state index is 0.113. The molecule has 2 aromatic carbocycles. The molecule has 0 aliphatic carbocycles. The van der Waals surface area contributed by atoms with Gasteiger partial charge in [0.05, 0.1) is 0 Å². The lowest BCUT2D eigenvalue weighted by atomic mass is 9.95. The fourth-order valence-electron chi connectivity index (χ4n) is 5.38. The van der Waals surface area contributed by atoms with Crippen LogP contribution in [0.2, 0.25) is 0 Å². The highest BCUT2D eigenvalue weighted by atomic mass is 16.4. The van der Waals surface area contributed by atoms with Crippen LogP contribution in [0.4, 0.5) is 5.69 Å². The van der Waals surface area contributed by atoms with E-state index in [4.69, 9.17) is 0 Å². The van der Waals surface area contributed by atoms with Crippen molar-refractivity contribution in [3.8, 4) is 11.1 Å². The number of nitrogens with zero attached hydrogens (tertiary/aromatic N) is 5. The summed E-state index contributed by atoms with van der Waals surface area (Å²) in [5, 5.41) is 18.2. The van der Waals surface area contributed by atoms with Gasteiger partial charge in [-0.05, 0) is 66.0 Å². The summed E-state index contributed by atoms with van der Waals surface area (Å²) < 4.78 is 0. The second-order valence-corrected chi connectivity index (χ2v) is 11.1. The van der Waals surface area contributed by atoms with Crippen LogP contribution < -0.4 is 4.90 Å². The summed E-state index contributed by atoms with van der Waals surface area (Å²) in [6, 6.07) is 13.7. The van der Waals surface area contributed by atoms with Crippen molar-refractivity contribution >= 4 is 23.4 Å². The second kappa shape index (κ2) is 13.0.